The quantitative estimate of drug-likeness (QED) is 0.779. The molecule has 2 heterocycles. The van der Waals surface area contributed by atoms with Gasteiger partial charge in [0, 0.05) is 24.3 Å². The fourth-order valence-corrected chi connectivity index (χ4v) is 6.24. The highest BCUT2D eigenvalue weighted by Gasteiger charge is 2.64. The van der Waals surface area contributed by atoms with Crippen molar-refractivity contribution >= 4 is 5.78 Å². The van der Waals surface area contributed by atoms with Gasteiger partial charge in [-0.1, -0.05) is 62.8 Å². The molecule has 4 aliphatic rings. The minimum Gasteiger partial charge on any atom is -0.337 e. The summed E-state index contributed by atoms with van der Waals surface area (Å²) in [5.41, 5.74) is 1.72. The van der Waals surface area contributed by atoms with Crippen LogP contribution in [-0.2, 0) is 15.4 Å². The minimum atomic E-state index is -0.890. The Hall–Kier alpha value is -1.23. The van der Waals surface area contributed by atoms with E-state index in [2.05, 4.69) is 4.90 Å². The molecule has 2 aliphatic carbocycles. The molecule has 3 fully saturated rings. The van der Waals surface area contributed by atoms with Gasteiger partial charge in [-0.2, -0.15) is 0 Å². The van der Waals surface area contributed by atoms with Gasteiger partial charge in [0.15, 0.2) is 5.78 Å². The maximum atomic E-state index is 13.4. The van der Waals surface area contributed by atoms with Crippen LogP contribution in [0.2, 0.25) is 0 Å². The number of hydrogen-bond acceptors (Lipinski definition) is 4. The van der Waals surface area contributed by atoms with E-state index < -0.39 is 5.91 Å². The van der Waals surface area contributed by atoms with Gasteiger partial charge in [-0.05, 0) is 31.6 Å². The van der Waals surface area contributed by atoms with Crippen LogP contribution in [0, 0.1) is 5.92 Å². The maximum Gasteiger partial charge on any atom is 0.260 e. The van der Waals surface area contributed by atoms with Crippen LogP contribution in [0.25, 0.3) is 0 Å². The third kappa shape index (κ3) is 2.64. The molecule has 0 unspecified atom stereocenters. The van der Waals surface area contributed by atoms with Crippen molar-refractivity contribution in [2.45, 2.75) is 88.3 Å². The van der Waals surface area contributed by atoms with Crippen LogP contribution >= 0.6 is 0 Å². The number of ether oxygens (including phenoxy) is 2. The molecule has 2 aliphatic heterocycles. The van der Waals surface area contributed by atoms with Gasteiger partial charge >= 0.3 is 0 Å². The molecule has 4 heteroatoms. The van der Waals surface area contributed by atoms with Crippen LogP contribution in [0.3, 0.4) is 0 Å². The topological polar surface area (TPSA) is 38.8 Å². The Labute approximate surface area is 162 Å². The largest absolute Gasteiger partial charge is 0.337 e. The third-order valence-corrected chi connectivity index (χ3v) is 7.43. The van der Waals surface area contributed by atoms with Gasteiger partial charge < -0.3 is 9.47 Å². The molecule has 0 spiro atoms. The maximum absolute atomic E-state index is 13.4. The van der Waals surface area contributed by atoms with E-state index in [0.29, 0.717) is 12.0 Å². The monoisotopic (exact) mass is 369 g/mol. The first-order chi connectivity index (χ1) is 13.3. The zero-order valence-electron chi connectivity index (χ0n) is 16.4. The van der Waals surface area contributed by atoms with Crippen LogP contribution in [0.4, 0.5) is 0 Å². The summed E-state index contributed by atoms with van der Waals surface area (Å²) in [6.45, 7) is 0. The van der Waals surface area contributed by atoms with E-state index in [1.165, 1.54) is 64.2 Å². The number of methoxy groups -OCH3 is 1. The molecule has 2 bridgehead atoms. The second kappa shape index (κ2) is 6.98. The number of ketones is 1. The molecule has 2 saturated carbocycles. The Balaban J connectivity index is 1.64. The molecule has 1 saturated heterocycles. The van der Waals surface area contributed by atoms with Crippen LogP contribution in [-0.4, -0.2) is 36.0 Å². The van der Waals surface area contributed by atoms with Crippen molar-refractivity contribution in [1.29, 1.82) is 0 Å². The Morgan fingerprint density at radius 3 is 2.37 bits per heavy atom. The second-order valence-electron chi connectivity index (χ2n) is 8.82. The second-order valence-corrected chi connectivity index (χ2v) is 8.82. The zero-order chi connectivity index (χ0) is 18.4. The van der Waals surface area contributed by atoms with Gasteiger partial charge in [-0.15, -0.1) is 0 Å². The molecule has 0 amide bonds. The molecule has 1 aromatic rings. The van der Waals surface area contributed by atoms with Crippen molar-refractivity contribution in [3.63, 3.8) is 0 Å². The Kier molecular flexibility index (Phi) is 4.61. The summed E-state index contributed by atoms with van der Waals surface area (Å²) < 4.78 is 12.7. The summed E-state index contributed by atoms with van der Waals surface area (Å²) in [5.74, 6) is -0.202. The highest BCUT2D eigenvalue weighted by atomic mass is 16.7. The molecular weight excluding hydrogens is 338 g/mol. The lowest BCUT2D eigenvalue weighted by molar-refractivity contribution is -0.294. The van der Waals surface area contributed by atoms with Gasteiger partial charge in [0.25, 0.3) is 5.91 Å². The first-order valence-corrected chi connectivity index (χ1v) is 10.9. The molecule has 1 aromatic carbocycles. The first-order valence-electron chi connectivity index (χ1n) is 10.9. The summed E-state index contributed by atoms with van der Waals surface area (Å²) in [6, 6.07) is 8.55. The summed E-state index contributed by atoms with van der Waals surface area (Å²) in [7, 11) is 1.75. The number of rotatable bonds is 3. The van der Waals surface area contributed by atoms with Crippen molar-refractivity contribution in [1.82, 2.24) is 4.90 Å². The fraction of sp³-hybridized carbons (Fsp3) is 0.696. The Morgan fingerprint density at radius 1 is 1.00 bits per heavy atom. The summed E-state index contributed by atoms with van der Waals surface area (Å²) in [4.78, 5) is 15.9. The molecule has 146 valence electrons. The molecule has 0 aromatic heterocycles. The first kappa shape index (κ1) is 17.8. The van der Waals surface area contributed by atoms with E-state index in [9.17, 15) is 4.79 Å². The predicted octanol–water partition coefficient (Wildman–Crippen LogP) is 4.62. The van der Waals surface area contributed by atoms with Gasteiger partial charge in [0.1, 0.15) is 6.10 Å². The van der Waals surface area contributed by atoms with Crippen molar-refractivity contribution in [3.8, 4) is 0 Å². The fourth-order valence-electron chi connectivity index (χ4n) is 6.24. The number of carbonyl (C=O) groups is 1. The normalized spacial score (nSPS) is 35.4. The number of carbonyl (C=O) groups excluding carboxylic acids is 1. The van der Waals surface area contributed by atoms with Crippen LogP contribution < -0.4 is 0 Å². The van der Waals surface area contributed by atoms with Crippen molar-refractivity contribution < 1.29 is 14.3 Å². The zero-order valence-corrected chi connectivity index (χ0v) is 16.4. The molecule has 3 atom stereocenters. The molecule has 5 rings (SSSR count). The number of Topliss-reactive ketones (excluding diaryl/α,β-unsaturated/α-hetero) is 1. The van der Waals surface area contributed by atoms with Crippen LogP contribution in [0.15, 0.2) is 24.3 Å². The molecular formula is C23H31NO3. The van der Waals surface area contributed by atoms with Crippen LogP contribution in [0.5, 0.6) is 0 Å². The number of hydrogen-bond donors (Lipinski definition) is 0. The molecule has 0 radical (unpaired) electrons. The lowest BCUT2D eigenvalue weighted by atomic mass is 9.79. The summed E-state index contributed by atoms with van der Waals surface area (Å²) >= 11 is 0. The lowest BCUT2D eigenvalue weighted by Crippen LogP contribution is -2.55. The summed E-state index contributed by atoms with van der Waals surface area (Å²) in [6.07, 6.45) is 12.1. The highest BCUT2D eigenvalue weighted by Crippen LogP contribution is 2.53. The van der Waals surface area contributed by atoms with Gasteiger partial charge in [-0.25, -0.2) is 4.90 Å². The Morgan fingerprint density at radius 2 is 1.67 bits per heavy atom. The summed E-state index contributed by atoms with van der Waals surface area (Å²) in [5, 5.41) is 0. The molecule has 0 N–H and O–H groups in total. The third-order valence-electron chi connectivity index (χ3n) is 7.43. The van der Waals surface area contributed by atoms with E-state index in [4.69, 9.17) is 9.47 Å². The Bertz CT molecular complexity index is 707. The SMILES string of the molecule is CO[C@@]12O[C@@H](C(=O)c3ccccc31)[C@H](C1CCCCC1)N2C1CCCCC1. The average Bonchev–Trinajstić information content (AvgIpc) is 3.07. The van der Waals surface area contributed by atoms with E-state index in [0.717, 1.165) is 11.1 Å². The smallest absolute Gasteiger partial charge is 0.260 e. The van der Waals surface area contributed by atoms with Gasteiger partial charge in [-0.3, -0.25) is 4.79 Å². The number of benzene rings is 1. The number of fused-ring (bicyclic) bond motifs is 4. The van der Waals surface area contributed by atoms with Crippen molar-refractivity contribution in [2.24, 2.45) is 5.92 Å². The molecule has 4 nitrogen and oxygen atoms in total. The van der Waals surface area contributed by atoms with E-state index in [-0.39, 0.29) is 17.9 Å². The van der Waals surface area contributed by atoms with E-state index >= 15 is 0 Å². The van der Waals surface area contributed by atoms with Crippen molar-refractivity contribution in [3.05, 3.63) is 35.4 Å². The van der Waals surface area contributed by atoms with Crippen molar-refractivity contribution in [2.75, 3.05) is 7.11 Å². The van der Waals surface area contributed by atoms with Gasteiger partial charge in [0.05, 0.1) is 6.04 Å². The number of nitrogens with zero attached hydrogens (tertiary/aromatic N) is 1. The lowest BCUT2D eigenvalue weighted by Gasteiger charge is -2.46. The van der Waals surface area contributed by atoms with E-state index in [1.807, 2.05) is 24.3 Å². The molecule has 27 heavy (non-hydrogen) atoms. The van der Waals surface area contributed by atoms with Gasteiger partial charge in [0.2, 0.25) is 0 Å². The minimum absolute atomic E-state index is 0.147. The van der Waals surface area contributed by atoms with E-state index in [1.54, 1.807) is 7.11 Å². The predicted molar refractivity (Wildman–Crippen MR) is 103 cm³/mol. The highest BCUT2D eigenvalue weighted by molar-refractivity contribution is 6.03. The average molecular weight is 370 g/mol. The standard InChI is InChI=1S/C23H31NO3/c1-26-23-19-15-9-8-14-18(19)21(25)22(27-23)20(16-10-4-2-5-11-16)24(23)17-12-6-3-7-13-17/h8-9,14-17,20,22H,2-7,10-13H2,1H3/t20-,22+,23+/m0/s1. The van der Waals surface area contributed by atoms with Crippen LogP contribution in [0.1, 0.15) is 80.1 Å².